The van der Waals surface area contributed by atoms with E-state index in [4.69, 9.17) is 0 Å². The molecule has 86 valence electrons. The van der Waals surface area contributed by atoms with E-state index in [2.05, 4.69) is 14.9 Å². The summed E-state index contributed by atoms with van der Waals surface area (Å²) < 4.78 is 25.5. The van der Waals surface area contributed by atoms with Gasteiger partial charge in [0.1, 0.15) is 0 Å². The molecule has 1 rings (SSSR count). The maximum atomic E-state index is 11.5. The Balaban J connectivity index is 2.82. The Kier molecular flexibility index (Phi) is 3.38. The van der Waals surface area contributed by atoms with Crippen LogP contribution in [0.3, 0.4) is 0 Å². The molecule has 0 aliphatic heterocycles. The van der Waals surface area contributed by atoms with E-state index in [0.717, 1.165) is 5.69 Å². The second-order valence-corrected chi connectivity index (χ2v) is 6.30. The zero-order valence-electron chi connectivity index (χ0n) is 9.40. The monoisotopic (exact) mass is 231 g/mol. The SMILES string of the molecule is CC(C)c1cc(NS(=O)(=O)C(C)C)n[nH]1. The van der Waals surface area contributed by atoms with Gasteiger partial charge in [-0.25, -0.2) is 8.42 Å². The van der Waals surface area contributed by atoms with Gasteiger partial charge in [0.05, 0.1) is 5.25 Å². The first-order chi connectivity index (χ1) is 6.83. The smallest absolute Gasteiger partial charge is 0.236 e. The molecule has 5 nitrogen and oxygen atoms in total. The van der Waals surface area contributed by atoms with E-state index in [1.165, 1.54) is 0 Å². The van der Waals surface area contributed by atoms with Crippen molar-refractivity contribution in [2.75, 3.05) is 4.72 Å². The summed E-state index contributed by atoms with van der Waals surface area (Å²) in [4.78, 5) is 0. The summed E-state index contributed by atoms with van der Waals surface area (Å²) in [7, 11) is -3.30. The zero-order valence-corrected chi connectivity index (χ0v) is 10.2. The van der Waals surface area contributed by atoms with Crippen LogP contribution >= 0.6 is 0 Å². The zero-order chi connectivity index (χ0) is 11.6. The lowest BCUT2D eigenvalue weighted by Gasteiger charge is -2.07. The maximum absolute atomic E-state index is 11.5. The molecule has 1 aromatic rings. The fourth-order valence-electron chi connectivity index (χ4n) is 0.948. The van der Waals surface area contributed by atoms with Gasteiger partial charge in [0.2, 0.25) is 10.0 Å². The van der Waals surface area contributed by atoms with Crippen LogP contribution in [0.25, 0.3) is 0 Å². The topological polar surface area (TPSA) is 74.8 Å². The quantitative estimate of drug-likeness (QED) is 0.828. The van der Waals surface area contributed by atoms with E-state index in [1.807, 2.05) is 13.8 Å². The average molecular weight is 231 g/mol. The second-order valence-electron chi connectivity index (χ2n) is 4.06. The van der Waals surface area contributed by atoms with Crippen molar-refractivity contribution in [3.8, 4) is 0 Å². The molecular weight excluding hydrogens is 214 g/mol. The summed E-state index contributed by atoms with van der Waals surface area (Å²) in [5, 5.41) is 6.22. The molecule has 0 fully saturated rings. The van der Waals surface area contributed by atoms with Gasteiger partial charge in [-0.05, 0) is 19.8 Å². The standard InChI is InChI=1S/C9H17N3O2S/c1-6(2)8-5-9(11-10-8)12-15(13,14)7(3)4/h5-7H,1-4H3,(H2,10,11,12). The number of nitrogens with one attached hydrogen (secondary N) is 2. The number of hydrogen-bond acceptors (Lipinski definition) is 3. The van der Waals surface area contributed by atoms with Gasteiger partial charge in [-0.15, -0.1) is 0 Å². The number of sulfonamides is 1. The molecule has 1 aromatic heterocycles. The van der Waals surface area contributed by atoms with Gasteiger partial charge in [0.25, 0.3) is 0 Å². The molecule has 0 radical (unpaired) electrons. The largest absolute Gasteiger partial charge is 0.280 e. The third-order valence-electron chi connectivity index (χ3n) is 2.09. The molecule has 0 amide bonds. The summed E-state index contributed by atoms with van der Waals surface area (Å²) in [5.41, 5.74) is 0.913. The van der Waals surface area contributed by atoms with Crippen molar-refractivity contribution in [2.24, 2.45) is 0 Å². The molecule has 0 unspecified atom stereocenters. The Morgan fingerprint density at radius 1 is 1.33 bits per heavy atom. The molecular formula is C9H17N3O2S. The number of hydrogen-bond donors (Lipinski definition) is 2. The van der Waals surface area contributed by atoms with Gasteiger partial charge in [-0.1, -0.05) is 13.8 Å². The van der Waals surface area contributed by atoms with Gasteiger partial charge in [-0.2, -0.15) is 5.10 Å². The van der Waals surface area contributed by atoms with E-state index >= 15 is 0 Å². The molecule has 0 bridgehead atoms. The highest BCUT2D eigenvalue weighted by Crippen LogP contribution is 2.16. The number of nitrogens with zero attached hydrogens (tertiary/aromatic N) is 1. The molecule has 1 heterocycles. The summed E-state index contributed by atoms with van der Waals surface area (Å²) in [6, 6.07) is 1.71. The molecule has 0 aromatic carbocycles. The lowest BCUT2D eigenvalue weighted by Crippen LogP contribution is -2.22. The summed E-state index contributed by atoms with van der Waals surface area (Å²) >= 11 is 0. The van der Waals surface area contributed by atoms with Crippen LogP contribution < -0.4 is 4.72 Å². The fraction of sp³-hybridized carbons (Fsp3) is 0.667. The van der Waals surface area contributed by atoms with Crippen LogP contribution in [0.4, 0.5) is 5.82 Å². The number of rotatable bonds is 4. The number of anilines is 1. The van der Waals surface area contributed by atoms with E-state index in [-0.39, 0.29) is 0 Å². The molecule has 2 N–H and O–H groups in total. The molecule has 0 spiro atoms. The first-order valence-electron chi connectivity index (χ1n) is 4.90. The highest BCUT2D eigenvalue weighted by Gasteiger charge is 2.17. The van der Waals surface area contributed by atoms with Crippen LogP contribution in [-0.2, 0) is 10.0 Å². The van der Waals surface area contributed by atoms with Gasteiger partial charge in [0, 0.05) is 11.8 Å². The van der Waals surface area contributed by atoms with Gasteiger partial charge in [-0.3, -0.25) is 9.82 Å². The Bertz CT molecular complexity index is 420. The fourth-order valence-corrected chi connectivity index (χ4v) is 1.58. The Morgan fingerprint density at radius 2 is 1.93 bits per heavy atom. The molecule has 0 aliphatic rings. The highest BCUT2D eigenvalue weighted by molar-refractivity contribution is 7.93. The van der Waals surface area contributed by atoms with E-state index < -0.39 is 15.3 Å². The van der Waals surface area contributed by atoms with Crippen molar-refractivity contribution in [2.45, 2.75) is 38.9 Å². The van der Waals surface area contributed by atoms with Crippen LogP contribution in [0, 0.1) is 0 Å². The predicted octanol–water partition coefficient (Wildman–Crippen LogP) is 1.68. The average Bonchev–Trinajstić information content (AvgIpc) is 2.51. The summed E-state index contributed by atoms with van der Waals surface area (Å²) in [6.45, 7) is 7.26. The van der Waals surface area contributed by atoms with Crippen LogP contribution in [0.5, 0.6) is 0 Å². The van der Waals surface area contributed by atoms with Crippen LogP contribution in [-0.4, -0.2) is 23.9 Å². The minimum atomic E-state index is -3.30. The van der Waals surface area contributed by atoms with Crippen molar-refractivity contribution < 1.29 is 8.42 Å². The van der Waals surface area contributed by atoms with Crippen LogP contribution in [0.15, 0.2) is 6.07 Å². The molecule has 0 aliphatic carbocycles. The molecule has 15 heavy (non-hydrogen) atoms. The molecule has 6 heteroatoms. The van der Waals surface area contributed by atoms with Crippen molar-refractivity contribution in [3.05, 3.63) is 11.8 Å². The maximum Gasteiger partial charge on any atom is 0.236 e. The normalized spacial score (nSPS) is 12.4. The minimum absolute atomic E-state index is 0.301. The Labute approximate surface area is 90.3 Å². The lowest BCUT2D eigenvalue weighted by atomic mass is 10.1. The second kappa shape index (κ2) is 4.22. The van der Waals surface area contributed by atoms with E-state index in [1.54, 1.807) is 19.9 Å². The van der Waals surface area contributed by atoms with E-state index in [9.17, 15) is 8.42 Å². The summed E-state index contributed by atoms with van der Waals surface area (Å²) in [5.74, 6) is 0.655. The van der Waals surface area contributed by atoms with Crippen molar-refractivity contribution >= 4 is 15.8 Å². The minimum Gasteiger partial charge on any atom is -0.280 e. The van der Waals surface area contributed by atoms with Gasteiger partial charge < -0.3 is 0 Å². The lowest BCUT2D eigenvalue weighted by molar-refractivity contribution is 0.592. The Hall–Kier alpha value is -1.04. The summed E-state index contributed by atoms with van der Waals surface area (Å²) in [6.07, 6.45) is 0. The third-order valence-corrected chi connectivity index (χ3v) is 3.82. The van der Waals surface area contributed by atoms with E-state index in [0.29, 0.717) is 11.7 Å². The van der Waals surface area contributed by atoms with Crippen molar-refractivity contribution in [3.63, 3.8) is 0 Å². The predicted molar refractivity (Wildman–Crippen MR) is 60.4 cm³/mol. The first kappa shape index (κ1) is 12.0. The van der Waals surface area contributed by atoms with Crippen LogP contribution in [0.1, 0.15) is 39.3 Å². The Morgan fingerprint density at radius 3 is 2.33 bits per heavy atom. The highest BCUT2D eigenvalue weighted by atomic mass is 32.2. The van der Waals surface area contributed by atoms with Crippen LogP contribution in [0.2, 0.25) is 0 Å². The third kappa shape index (κ3) is 2.95. The van der Waals surface area contributed by atoms with Crippen molar-refractivity contribution in [1.82, 2.24) is 10.2 Å². The first-order valence-corrected chi connectivity index (χ1v) is 6.44. The number of aromatic amines is 1. The van der Waals surface area contributed by atoms with Gasteiger partial charge >= 0.3 is 0 Å². The molecule has 0 atom stereocenters. The molecule has 0 saturated carbocycles. The number of aromatic nitrogens is 2. The number of H-pyrrole nitrogens is 1. The van der Waals surface area contributed by atoms with Crippen molar-refractivity contribution in [1.29, 1.82) is 0 Å². The van der Waals surface area contributed by atoms with Gasteiger partial charge in [0.15, 0.2) is 5.82 Å². The molecule has 0 saturated heterocycles.